The van der Waals surface area contributed by atoms with Crippen LogP contribution >= 0.6 is 11.6 Å². The van der Waals surface area contributed by atoms with Gasteiger partial charge in [-0.05, 0) is 31.2 Å². The average Bonchev–Trinajstić information content (AvgIpc) is 2.79. The number of ether oxygens (including phenoxy) is 1. The standard InChI is InChI=1S/C22H18ClFN8O2/c1-10(28-19-12(9-25)18(26)30-22(27)31-19)20-29-15-5-3-4-13(23)17(15)21(33)32(20)11-6-7-14(24)16(8-11)34-2/h3-8,10H,1-2H3,(H5,26,27,28,30,31). The molecule has 12 heteroatoms. The second kappa shape index (κ2) is 8.84. The van der Waals surface area contributed by atoms with Gasteiger partial charge in [0.2, 0.25) is 5.95 Å². The first-order valence-corrected chi connectivity index (χ1v) is 10.3. The van der Waals surface area contributed by atoms with Gasteiger partial charge in [0.1, 0.15) is 23.3 Å². The van der Waals surface area contributed by atoms with Gasteiger partial charge >= 0.3 is 0 Å². The number of aromatic nitrogens is 4. The van der Waals surface area contributed by atoms with E-state index in [2.05, 4.69) is 20.3 Å². The maximum absolute atomic E-state index is 14.1. The zero-order chi connectivity index (χ0) is 24.6. The van der Waals surface area contributed by atoms with E-state index < -0.39 is 17.4 Å². The van der Waals surface area contributed by atoms with Crippen molar-refractivity contribution in [3.05, 3.63) is 69.0 Å². The van der Waals surface area contributed by atoms with Crippen molar-refractivity contribution < 1.29 is 9.13 Å². The maximum atomic E-state index is 14.1. The first kappa shape index (κ1) is 22.8. The third-order valence-corrected chi connectivity index (χ3v) is 5.39. The number of rotatable bonds is 5. The lowest BCUT2D eigenvalue weighted by atomic mass is 10.2. The molecule has 2 heterocycles. The summed E-state index contributed by atoms with van der Waals surface area (Å²) in [6.07, 6.45) is 0. The minimum Gasteiger partial charge on any atom is -0.494 e. The van der Waals surface area contributed by atoms with Crippen LogP contribution in [0.15, 0.2) is 41.2 Å². The number of nitrogens with two attached hydrogens (primary N) is 2. The Hall–Kier alpha value is -4.43. The summed E-state index contributed by atoms with van der Waals surface area (Å²) < 4.78 is 20.4. The van der Waals surface area contributed by atoms with E-state index in [0.717, 1.165) is 0 Å². The number of hydrogen-bond acceptors (Lipinski definition) is 9. The molecule has 0 aliphatic carbocycles. The summed E-state index contributed by atoms with van der Waals surface area (Å²) in [5, 5.41) is 12.9. The second-order valence-electron chi connectivity index (χ2n) is 7.23. The molecule has 0 radical (unpaired) electrons. The topological polar surface area (TPSA) is 158 Å². The fourth-order valence-corrected chi connectivity index (χ4v) is 3.77. The Morgan fingerprint density at radius 1 is 1.24 bits per heavy atom. The number of nitriles is 1. The highest BCUT2D eigenvalue weighted by Gasteiger charge is 2.22. The van der Waals surface area contributed by atoms with E-state index in [1.807, 2.05) is 6.07 Å². The number of methoxy groups -OCH3 is 1. The van der Waals surface area contributed by atoms with Gasteiger partial charge in [-0.1, -0.05) is 17.7 Å². The van der Waals surface area contributed by atoms with Crippen LogP contribution in [0.5, 0.6) is 5.75 Å². The van der Waals surface area contributed by atoms with Crippen molar-refractivity contribution in [3.63, 3.8) is 0 Å². The summed E-state index contributed by atoms with van der Waals surface area (Å²) >= 11 is 6.31. The van der Waals surface area contributed by atoms with Crippen LogP contribution in [0, 0.1) is 17.1 Å². The molecule has 0 saturated heterocycles. The van der Waals surface area contributed by atoms with Gasteiger partial charge in [-0.2, -0.15) is 15.2 Å². The Balaban J connectivity index is 1.97. The Bertz CT molecular complexity index is 1530. The highest BCUT2D eigenvalue weighted by molar-refractivity contribution is 6.35. The van der Waals surface area contributed by atoms with Gasteiger partial charge in [0, 0.05) is 6.07 Å². The van der Waals surface area contributed by atoms with Crippen LogP contribution in [0.4, 0.5) is 22.0 Å². The Kier molecular flexibility index (Phi) is 5.91. The fourth-order valence-electron chi connectivity index (χ4n) is 3.51. The summed E-state index contributed by atoms with van der Waals surface area (Å²) in [6.45, 7) is 1.70. The highest BCUT2D eigenvalue weighted by Crippen LogP contribution is 2.28. The molecule has 2 aromatic carbocycles. The smallest absolute Gasteiger partial charge is 0.267 e. The average molecular weight is 481 g/mol. The second-order valence-corrected chi connectivity index (χ2v) is 7.64. The lowest BCUT2D eigenvalue weighted by molar-refractivity contribution is 0.386. The summed E-state index contributed by atoms with van der Waals surface area (Å²) in [6, 6.07) is 10.1. The molecule has 4 rings (SSSR count). The van der Waals surface area contributed by atoms with Crippen LogP contribution in [-0.4, -0.2) is 26.6 Å². The van der Waals surface area contributed by atoms with Crippen LogP contribution < -0.4 is 27.1 Å². The van der Waals surface area contributed by atoms with Crippen molar-refractivity contribution >= 4 is 40.1 Å². The van der Waals surface area contributed by atoms with E-state index in [-0.39, 0.29) is 45.1 Å². The Morgan fingerprint density at radius 3 is 2.71 bits per heavy atom. The van der Waals surface area contributed by atoms with Gasteiger partial charge in [0.05, 0.1) is 34.8 Å². The lowest BCUT2D eigenvalue weighted by Crippen LogP contribution is -2.28. The van der Waals surface area contributed by atoms with E-state index in [1.165, 1.54) is 29.9 Å². The number of nitrogens with one attached hydrogen (secondary N) is 1. The molecule has 10 nitrogen and oxygen atoms in total. The number of benzene rings is 2. The molecule has 0 amide bonds. The Morgan fingerprint density at radius 2 is 2.00 bits per heavy atom. The van der Waals surface area contributed by atoms with Gasteiger partial charge in [0.15, 0.2) is 17.4 Å². The number of fused-ring (bicyclic) bond motifs is 1. The van der Waals surface area contributed by atoms with Crippen molar-refractivity contribution in [1.29, 1.82) is 5.26 Å². The van der Waals surface area contributed by atoms with Crippen molar-refractivity contribution in [1.82, 2.24) is 19.5 Å². The number of hydrogen-bond donors (Lipinski definition) is 3. The fraction of sp³-hybridized carbons (Fsp3) is 0.136. The molecule has 1 atom stereocenters. The highest BCUT2D eigenvalue weighted by atomic mass is 35.5. The van der Waals surface area contributed by atoms with Crippen LogP contribution in [0.25, 0.3) is 16.6 Å². The first-order chi connectivity index (χ1) is 16.2. The van der Waals surface area contributed by atoms with Crippen LogP contribution in [0.3, 0.4) is 0 Å². The molecule has 0 saturated carbocycles. The molecule has 5 N–H and O–H groups in total. The number of nitrogens with zero attached hydrogens (tertiary/aromatic N) is 5. The minimum absolute atomic E-state index is 0.0118. The monoisotopic (exact) mass is 480 g/mol. The van der Waals surface area contributed by atoms with Gasteiger partial charge in [-0.3, -0.25) is 9.36 Å². The van der Waals surface area contributed by atoms with Crippen molar-refractivity contribution in [2.75, 3.05) is 23.9 Å². The van der Waals surface area contributed by atoms with Crippen molar-refractivity contribution in [2.24, 2.45) is 0 Å². The zero-order valence-corrected chi connectivity index (χ0v) is 18.8. The van der Waals surface area contributed by atoms with Crippen LogP contribution in [0.1, 0.15) is 24.4 Å². The third kappa shape index (κ3) is 3.91. The van der Waals surface area contributed by atoms with Gasteiger partial charge in [-0.25, -0.2) is 9.37 Å². The maximum Gasteiger partial charge on any atom is 0.267 e. The molecular formula is C22H18ClFN8O2. The summed E-state index contributed by atoms with van der Waals surface area (Å²) in [5.74, 6) is -0.576. The van der Waals surface area contributed by atoms with E-state index in [1.54, 1.807) is 25.1 Å². The van der Waals surface area contributed by atoms with Crippen LogP contribution in [0.2, 0.25) is 5.02 Å². The minimum atomic E-state index is -0.701. The molecule has 34 heavy (non-hydrogen) atoms. The van der Waals surface area contributed by atoms with E-state index in [9.17, 15) is 14.4 Å². The molecule has 172 valence electrons. The van der Waals surface area contributed by atoms with Crippen molar-refractivity contribution in [3.8, 4) is 17.5 Å². The van der Waals surface area contributed by atoms with Gasteiger partial charge < -0.3 is 21.5 Å². The Labute approximate surface area is 197 Å². The lowest BCUT2D eigenvalue weighted by Gasteiger charge is -2.21. The summed E-state index contributed by atoms with van der Waals surface area (Å²) in [4.78, 5) is 26.1. The molecule has 0 aliphatic heterocycles. The number of anilines is 3. The van der Waals surface area contributed by atoms with Crippen LogP contribution in [-0.2, 0) is 0 Å². The zero-order valence-electron chi connectivity index (χ0n) is 18.0. The molecule has 2 aromatic heterocycles. The number of nitrogen functional groups attached to an aromatic ring is 2. The predicted octanol–water partition coefficient (Wildman–Crippen LogP) is 3.19. The molecule has 1 unspecified atom stereocenters. The first-order valence-electron chi connectivity index (χ1n) is 9.89. The molecule has 4 aromatic rings. The number of halogens is 2. The SMILES string of the molecule is COc1cc(-n2c(C(C)Nc3nc(N)nc(N)c3C#N)nc3cccc(Cl)c3c2=O)ccc1F. The largest absolute Gasteiger partial charge is 0.494 e. The molecular weight excluding hydrogens is 463 g/mol. The molecule has 0 spiro atoms. The predicted molar refractivity (Wildman–Crippen MR) is 126 cm³/mol. The van der Waals surface area contributed by atoms with E-state index in [4.69, 9.17) is 27.8 Å². The molecule has 0 fully saturated rings. The molecule has 0 aliphatic rings. The van der Waals surface area contributed by atoms with Crippen molar-refractivity contribution in [2.45, 2.75) is 13.0 Å². The van der Waals surface area contributed by atoms with Gasteiger partial charge in [0.25, 0.3) is 5.56 Å². The normalized spacial score (nSPS) is 11.7. The quantitative estimate of drug-likeness (QED) is 0.390. The van der Waals surface area contributed by atoms with E-state index in [0.29, 0.717) is 11.2 Å². The van der Waals surface area contributed by atoms with Gasteiger partial charge in [-0.15, -0.1) is 0 Å². The molecule has 0 bridgehead atoms. The summed E-state index contributed by atoms with van der Waals surface area (Å²) in [7, 11) is 1.32. The van der Waals surface area contributed by atoms with E-state index >= 15 is 0 Å². The summed E-state index contributed by atoms with van der Waals surface area (Å²) in [5.41, 5.74) is 11.7. The third-order valence-electron chi connectivity index (χ3n) is 5.07.